The summed E-state index contributed by atoms with van der Waals surface area (Å²) in [5.74, 6) is 0.181. The van der Waals surface area contributed by atoms with Crippen LogP contribution in [0.15, 0.2) is 24.3 Å². The zero-order chi connectivity index (χ0) is 17.6. The Hall–Kier alpha value is -1.62. The van der Waals surface area contributed by atoms with Crippen LogP contribution in [0.4, 0.5) is 0 Å². The Morgan fingerprint density at radius 2 is 1.96 bits per heavy atom. The molecule has 136 valence electrons. The fourth-order valence-corrected chi connectivity index (χ4v) is 2.70. The zero-order valence-electron chi connectivity index (χ0n) is 15.2. The van der Waals surface area contributed by atoms with Crippen LogP contribution in [-0.4, -0.2) is 48.9 Å². The molecule has 1 atom stereocenters. The van der Waals surface area contributed by atoms with Gasteiger partial charge in [0.05, 0.1) is 0 Å². The van der Waals surface area contributed by atoms with Crippen LogP contribution in [0.5, 0.6) is 0 Å². The highest BCUT2D eigenvalue weighted by Gasteiger charge is 2.13. The molecule has 1 aliphatic rings. The molecule has 0 aromatic rings. The van der Waals surface area contributed by atoms with E-state index in [-0.39, 0.29) is 17.9 Å². The van der Waals surface area contributed by atoms with E-state index in [1.54, 1.807) is 6.92 Å². The molecule has 24 heavy (non-hydrogen) atoms. The molecule has 0 spiro atoms. The van der Waals surface area contributed by atoms with Gasteiger partial charge in [-0.1, -0.05) is 31.2 Å². The van der Waals surface area contributed by atoms with Gasteiger partial charge in [-0.25, -0.2) is 0 Å². The van der Waals surface area contributed by atoms with E-state index in [1.807, 2.05) is 4.90 Å². The highest BCUT2D eigenvalue weighted by atomic mass is 16.2. The molecule has 5 heteroatoms. The van der Waals surface area contributed by atoms with Crippen molar-refractivity contribution in [2.24, 2.45) is 0 Å². The molecule has 0 unspecified atom stereocenters. The number of carbonyl (C=O) groups excluding carboxylic acids is 2. The van der Waals surface area contributed by atoms with Crippen LogP contribution < -0.4 is 10.6 Å². The van der Waals surface area contributed by atoms with Crippen molar-refractivity contribution in [2.45, 2.75) is 58.4 Å². The first-order chi connectivity index (χ1) is 11.6. The maximum Gasteiger partial charge on any atom is 0.221 e. The second-order valence-corrected chi connectivity index (χ2v) is 6.22. The lowest BCUT2D eigenvalue weighted by molar-refractivity contribution is -0.129. The Bertz CT molecular complexity index is 432. The van der Waals surface area contributed by atoms with Crippen molar-refractivity contribution in [3.63, 3.8) is 0 Å². The number of carbonyl (C=O) groups is 2. The molecule has 0 bridgehead atoms. The van der Waals surface area contributed by atoms with Crippen molar-refractivity contribution < 1.29 is 9.59 Å². The lowest BCUT2D eigenvalue weighted by Crippen LogP contribution is -2.35. The number of hydrogen-bond donors (Lipinski definition) is 2. The van der Waals surface area contributed by atoms with Gasteiger partial charge >= 0.3 is 0 Å². The van der Waals surface area contributed by atoms with Gasteiger partial charge in [-0.2, -0.15) is 0 Å². The first kappa shape index (κ1) is 20.4. The zero-order valence-corrected chi connectivity index (χ0v) is 15.2. The summed E-state index contributed by atoms with van der Waals surface area (Å²) in [7, 11) is 0. The SMILES string of the molecule is CC/C=C/C/C=C\[C@H]1CC(=O)NCCCN(C(C)=O)CCCCN1. The van der Waals surface area contributed by atoms with Crippen molar-refractivity contribution in [3.8, 4) is 0 Å². The summed E-state index contributed by atoms with van der Waals surface area (Å²) < 4.78 is 0. The Labute approximate surface area is 146 Å². The number of rotatable bonds is 4. The molecule has 1 aliphatic heterocycles. The summed E-state index contributed by atoms with van der Waals surface area (Å²) in [5, 5.41) is 6.40. The van der Waals surface area contributed by atoms with Crippen molar-refractivity contribution in [2.75, 3.05) is 26.2 Å². The number of nitrogens with zero attached hydrogens (tertiary/aromatic N) is 1. The lowest BCUT2D eigenvalue weighted by atomic mass is 10.1. The monoisotopic (exact) mass is 335 g/mol. The molecule has 5 nitrogen and oxygen atoms in total. The minimum Gasteiger partial charge on any atom is -0.356 e. The van der Waals surface area contributed by atoms with Gasteiger partial charge < -0.3 is 15.5 Å². The Balaban J connectivity index is 2.53. The third-order valence-corrected chi connectivity index (χ3v) is 4.08. The van der Waals surface area contributed by atoms with E-state index < -0.39 is 0 Å². The number of amides is 2. The second kappa shape index (κ2) is 12.8. The Kier molecular flexibility index (Phi) is 10.9. The van der Waals surface area contributed by atoms with E-state index in [0.29, 0.717) is 13.0 Å². The molecule has 2 N–H and O–H groups in total. The van der Waals surface area contributed by atoms with Crippen LogP contribution in [0.3, 0.4) is 0 Å². The van der Waals surface area contributed by atoms with Crippen LogP contribution in [0.2, 0.25) is 0 Å². The largest absolute Gasteiger partial charge is 0.356 e. The fourth-order valence-electron chi connectivity index (χ4n) is 2.70. The second-order valence-electron chi connectivity index (χ2n) is 6.22. The third-order valence-electron chi connectivity index (χ3n) is 4.08. The highest BCUT2D eigenvalue weighted by Crippen LogP contribution is 2.02. The van der Waals surface area contributed by atoms with Gasteiger partial charge in [-0.3, -0.25) is 9.59 Å². The predicted molar refractivity (Wildman–Crippen MR) is 98.7 cm³/mol. The summed E-state index contributed by atoms with van der Waals surface area (Å²) in [5.41, 5.74) is 0. The quantitative estimate of drug-likeness (QED) is 0.776. The number of allylic oxidation sites excluding steroid dienone is 3. The minimum absolute atomic E-state index is 0.0647. The van der Waals surface area contributed by atoms with E-state index in [9.17, 15) is 9.59 Å². The standard InChI is InChI=1S/C19H33N3O2/c1-3-4-5-6-7-11-18-16-19(24)21-13-10-15-22(17(2)23)14-9-8-12-20-18/h4-5,7,11,18,20H,3,6,8-10,12-16H2,1-2H3,(H,21,24)/b5-4+,11-7-/t18-/m0/s1. The van der Waals surface area contributed by atoms with Crippen molar-refractivity contribution in [3.05, 3.63) is 24.3 Å². The molecule has 1 saturated heterocycles. The van der Waals surface area contributed by atoms with Crippen LogP contribution in [0.25, 0.3) is 0 Å². The van der Waals surface area contributed by atoms with Gasteiger partial charge in [0.15, 0.2) is 0 Å². The summed E-state index contributed by atoms with van der Waals surface area (Å²) in [6.07, 6.45) is 13.7. The molecule has 1 rings (SSSR count). The topological polar surface area (TPSA) is 61.4 Å². The summed E-state index contributed by atoms with van der Waals surface area (Å²) >= 11 is 0. The van der Waals surface area contributed by atoms with Gasteiger partial charge in [0.25, 0.3) is 0 Å². The van der Waals surface area contributed by atoms with E-state index in [1.165, 1.54) is 0 Å². The van der Waals surface area contributed by atoms with Crippen molar-refractivity contribution in [1.29, 1.82) is 0 Å². The molecule has 0 aromatic carbocycles. The van der Waals surface area contributed by atoms with Crippen molar-refractivity contribution >= 4 is 11.8 Å². The van der Waals surface area contributed by atoms with Gasteiger partial charge in [-0.05, 0) is 38.6 Å². The minimum atomic E-state index is 0.0647. The molecule has 2 amide bonds. The van der Waals surface area contributed by atoms with Crippen molar-refractivity contribution in [1.82, 2.24) is 15.5 Å². The molecule has 1 heterocycles. The van der Waals surface area contributed by atoms with Crippen LogP contribution in [0.1, 0.15) is 52.4 Å². The van der Waals surface area contributed by atoms with E-state index >= 15 is 0 Å². The molecule has 1 fully saturated rings. The van der Waals surface area contributed by atoms with Gasteiger partial charge in [0.1, 0.15) is 0 Å². The fraction of sp³-hybridized carbons (Fsp3) is 0.684. The van der Waals surface area contributed by atoms with E-state index in [2.05, 4.69) is 41.9 Å². The highest BCUT2D eigenvalue weighted by molar-refractivity contribution is 5.76. The summed E-state index contributed by atoms with van der Waals surface area (Å²) in [4.78, 5) is 25.5. The normalized spacial score (nSPS) is 22.0. The first-order valence-electron chi connectivity index (χ1n) is 9.20. The summed E-state index contributed by atoms with van der Waals surface area (Å²) in [6.45, 7) is 6.73. The average Bonchev–Trinajstić information content (AvgIpc) is 2.56. The average molecular weight is 335 g/mol. The van der Waals surface area contributed by atoms with Gasteiger partial charge in [-0.15, -0.1) is 0 Å². The van der Waals surface area contributed by atoms with Gasteiger partial charge in [0, 0.05) is 39.0 Å². The predicted octanol–water partition coefficient (Wildman–Crippen LogP) is 2.40. The molecular weight excluding hydrogens is 302 g/mol. The molecule has 0 radical (unpaired) electrons. The molecular formula is C19H33N3O2. The first-order valence-corrected chi connectivity index (χ1v) is 9.20. The van der Waals surface area contributed by atoms with E-state index in [0.717, 1.165) is 51.7 Å². The maximum absolute atomic E-state index is 12.1. The van der Waals surface area contributed by atoms with Gasteiger partial charge in [0.2, 0.25) is 11.8 Å². The molecule has 0 aliphatic carbocycles. The van der Waals surface area contributed by atoms with Crippen LogP contribution in [0, 0.1) is 0 Å². The van der Waals surface area contributed by atoms with Crippen LogP contribution >= 0.6 is 0 Å². The van der Waals surface area contributed by atoms with E-state index in [4.69, 9.17) is 0 Å². The lowest BCUT2D eigenvalue weighted by Gasteiger charge is -2.20. The molecule has 0 saturated carbocycles. The summed E-state index contributed by atoms with van der Waals surface area (Å²) in [6, 6.07) is 0.0738. The third kappa shape index (κ3) is 9.50. The number of hydrogen-bond acceptors (Lipinski definition) is 3. The Morgan fingerprint density at radius 1 is 1.17 bits per heavy atom. The molecule has 0 aromatic heterocycles. The number of nitrogens with one attached hydrogen (secondary N) is 2. The van der Waals surface area contributed by atoms with Crippen LogP contribution in [-0.2, 0) is 9.59 Å². The Morgan fingerprint density at radius 3 is 2.71 bits per heavy atom. The maximum atomic E-state index is 12.1. The smallest absolute Gasteiger partial charge is 0.221 e.